The van der Waals surface area contributed by atoms with E-state index in [0.29, 0.717) is 5.92 Å². The molecule has 84 valence electrons. The van der Waals surface area contributed by atoms with Gasteiger partial charge in [-0.15, -0.1) is 0 Å². The highest BCUT2D eigenvalue weighted by atomic mass is 79.9. The molecule has 0 bridgehead atoms. The van der Waals surface area contributed by atoms with Gasteiger partial charge in [-0.1, -0.05) is 63.0 Å². The molecule has 0 saturated carbocycles. The van der Waals surface area contributed by atoms with E-state index in [1.54, 1.807) is 0 Å². The lowest BCUT2D eigenvalue weighted by Crippen LogP contribution is -2.00. The van der Waals surface area contributed by atoms with E-state index < -0.39 is 0 Å². The summed E-state index contributed by atoms with van der Waals surface area (Å²) in [5, 5.41) is 2.17. The number of aryl methyl sites for hydroxylation is 1. The first-order valence-electron chi connectivity index (χ1n) is 5.52. The molecule has 1 aromatic rings. The molecule has 0 spiro atoms. The predicted octanol–water partition coefficient (Wildman–Crippen LogP) is 4.90. The zero-order chi connectivity index (χ0) is 11.1. The molecule has 0 aliphatic heterocycles. The predicted molar refractivity (Wildman–Crippen MR) is 75.4 cm³/mol. The average molecular weight is 334 g/mol. The fraction of sp³-hybridized carbons (Fsp3) is 0.538. The highest BCUT2D eigenvalue weighted by Crippen LogP contribution is 2.25. The van der Waals surface area contributed by atoms with Crippen LogP contribution in [0.5, 0.6) is 0 Å². The Balaban J connectivity index is 2.72. The summed E-state index contributed by atoms with van der Waals surface area (Å²) in [6.45, 7) is 2.20. The van der Waals surface area contributed by atoms with Crippen molar-refractivity contribution in [2.75, 3.05) is 10.7 Å². The number of rotatable bonds is 6. The monoisotopic (exact) mass is 332 g/mol. The van der Waals surface area contributed by atoms with Crippen LogP contribution in [0, 0.1) is 0 Å². The van der Waals surface area contributed by atoms with E-state index in [1.807, 2.05) is 0 Å². The normalized spacial score (nSPS) is 10.9. The molecule has 0 aliphatic rings. The Morgan fingerprint density at radius 1 is 1.00 bits per heavy atom. The van der Waals surface area contributed by atoms with Crippen molar-refractivity contribution in [1.82, 2.24) is 0 Å². The molecule has 15 heavy (non-hydrogen) atoms. The van der Waals surface area contributed by atoms with Crippen LogP contribution in [0.4, 0.5) is 0 Å². The maximum Gasteiger partial charge on any atom is 0.00371 e. The van der Waals surface area contributed by atoms with E-state index in [0.717, 1.165) is 17.1 Å². The van der Waals surface area contributed by atoms with Gasteiger partial charge >= 0.3 is 0 Å². The van der Waals surface area contributed by atoms with Gasteiger partial charge in [-0.2, -0.15) is 0 Å². The summed E-state index contributed by atoms with van der Waals surface area (Å²) in [5.41, 5.74) is 2.90. The second-order valence-corrected chi connectivity index (χ2v) is 5.33. The van der Waals surface area contributed by atoms with Crippen molar-refractivity contribution in [3.05, 3.63) is 35.4 Å². The minimum Gasteiger partial charge on any atom is -0.0928 e. The molecule has 1 rings (SSSR count). The standard InChI is InChI=1S/C13H18Br2/c1-2-11-3-5-12(6-4-11)13(7-9-14)8-10-15/h3-6,13H,2,7-10H2,1H3. The van der Waals surface area contributed by atoms with Crippen LogP contribution in [0.3, 0.4) is 0 Å². The lowest BCUT2D eigenvalue weighted by Gasteiger charge is -2.15. The highest BCUT2D eigenvalue weighted by Gasteiger charge is 2.09. The molecular formula is C13H18Br2. The summed E-state index contributed by atoms with van der Waals surface area (Å²) in [5.74, 6) is 0.689. The fourth-order valence-electron chi connectivity index (χ4n) is 1.77. The third kappa shape index (κ3) is 4.28. The molecule has 0 heterocycles. The topological polar surface area (TPSA) is 0 Å². The highest BCUT2D eigenvalue weighted by molar-refractivity contribution is 9.09. The van der Waals surface area contributed by atoms with Gasteiger partial charge in [-0.3, -0.25) is 0 Å². The summed E-state index contributed by atoms with van der Waals surface area (Å²) in [4.78, 5) is 0. The molecule has 0 unspecified atom stereocenters. The molecule has 0 atom stereocenters. The molecule has 1 aromatic carbocycles. The number of hydrogen-bond donors (Lipinski definition) is 0. The van der Waals surface area contributed by atoms with Crippen LogP contribution in [-0.2, 0) is 6.42 Å². The van der Waals surface area contributed by atoms with Crippen molar-refractivity contribution in [1.29, 1.82) is 0 Å². The van der Waals surface area contributed by atoms with Gasteiger partial charge in [0.25, 0.3) is 0 Å². The zero-order valence-corrected chi connectivity index (χ0v) is 12.4. The van der Waals surface area contributed by atoms with Gasteiger partial charge in [-0.25, -0.2) is 0 Å². The Morgan fingerprint density at radius 3 is 1.93 bits per heavy atom. The molecule has 0 saturated heterocycles. The Kier molecular flexibility index (Phi) is 6.58. The average Bonchev–Trinajstić information content (AvgIpc) is 2.29. The first kappa shape index (κ1) is 13.2. The third-order valence-corrected chi connectivity index (χ3v) is 3.69. The smallest absolute Gasteiger partial charge is 0.00371 e. The van der Waals surface area contributed by atoms with Crippen molar-refractivity contribution in [3.63, 3.8) is 0 Å². The third-order valence-electron chi connectivity index (χ3n) is 2.77. The summed E-state index contributed by atoms with van der Waals surface area (Å²) in [7, 11) is 0. The Labute approximate surface area is 110 Å². The van der Waals surface area contributed by atoms with Crippen molar-refractivity contribution in [2.45, 2.75) is 32.1 Å². The van der Waals surface area contributed by atoms with Crippen molar-refractivity contribution in [3.8, 4) is 0 Å². The van der Waals surface area contributed by atoms with Gasteiger partial charge in [0, 0.05) is 10.7 Å². The van der Waals surface area contributed by atoms with Gasteiger partial charge in [0.05, 0.1) is 0 Å². The van der Waals surface area contributed by atoms with Gasteiger partial charge in [-0.05, 0) is 36.3 Å². The molecule has 0 N–H and O–H groups in total. The van der Waals surface area contributed by atoms with Crippen molar-refractivity contribution in [2.24, 2.45) is 0 Å². The van der Waals surface area contributed by atoms with E-state index in [9.17, 15) is 0 Å². The number of halogens is 2. The van der Waals surface area contributed by atoms with Crippen LogP contribution < -0.4 is 0 Å². The van der Waals surface area contributed by atoms with Crippen LogP contribution in [-0.4, -0.2) is 10.7 Å². The van der Waals surface area contributed by atoms with Crippen molar-refractivity contribution >= 4 is 31.9 Å². The first-order chi connectivity index (χ1) is 7.31. The lowest BCUT2D eigenvalue weighted by molar-refractivity contribution is 0.656. The second kappa shape index (κ2) is 7.45. The van der Waals surface area contributed by atoms with Gasteiger partial charge in [0.1, 0.15) is 0 Å². The van der Waals surface area contributed by atoms with Crippen LogP contribution in [0.15, 0.2) is 24.3 Å². The molecule has 0 amide bonds. The number of benzene rings is 1. The maximum absolute atomic E-state index is 3.53. The van der Waals surface area contributed by atoms with Crippen molar-refractivity contribution < 1.29 is 0 Å². The second-order valence-electron chi connectivity index (χ2n) is 3.75. The van der Waals surface area contributed by atoms with E-state index in [-0.39, 0.29) is 0 Å². The maximum atomic E-state index is 3.53. The summed E-state index contributed by atoms with van der Waals surface area (Å²) in [6.07, 6.45) is 3.57. The molecule has 0 radical (unpaired) electrons. The Morgan fingerprint density at radius 2 is 1.53 bits per heavy atom. The number of hydrogen-bond acceptors (Lipinski definition) is 0. The fourth-order valence-corrected chi connectivity index (χ4v) is 2.87. The molecule has 0 aromatic heterocycles. The molecular weight excluding hydrogens is 316 g/mol. The van der Waals surface area contributed by atoms with Gasteiger partial charge in [0.2, 0.25) is 0 Å². The molecule has 0 nitrogen and oxygen atoms in total. The summed E-state index contributed by atoms with van der Waals surface area (Å²) < 4.78 is 0. The molecule has 0 aliphatic carbocycles. The minimum atomic E-state index is 0.689. The zero-order valence-electron chi connectivity index (χ0n) is 9.18. The van der Waals surface area contributed by atoms with E-state index >= 15 is 0 Å². The van der Waals surface area contributed by atoms with Gasteiger partial charge in [0.15, 0.2) is 0 Å². The SMILES string of the molecule is CCc1ccc(C(CCBr)CCBr)cc1. The Bertz CT molecular complexity index is 260. The lowest BCUT2D eigenvalue weighted by atomic mass is 9.93. The quantitative estimate of drug-likeness (QED) is 0.649. The van der Waals surface area contributed by atoms with Crippen LogP contribution in [0.25, 0.3) is 0 Å². The Hall–Kier alpha value is 0.180. The molecule has 0 fully saturated rings. The van der Waals surface area contributed by atoms with E-state index in [2.05, 4.69) is 63.0 Å². The van der Waals surface area contributed by atoms with Crippen LogP contribution in [0.1, 0.15) is 36.8 Å². The van der Waals surface area contributed by atoms with E-state index in [4.69, 9.17) is 0 Å². The van der Waals surface area contributed by atoms with E-state index in [1.165, 1.54) is 24.0 Å². The van der Waals surface area contributed by atoms with Crippen LogP contribution in [0.2, 0.25) is 0 Å². The largest absolute Gasteiger partial charge is 0.0928 e. The summed E-state index contributed by atoms with van der Waals surface area (Å²) in [6, 6.07) is 9.08. The van der Waals surface area contributed by atoms with Crippen LogP contribution >= 0.6 is 31.9 Å². The molecule has 2 heteroatoms. The summed E-state index contributed by atoms with van der Waals surface area (Å²) >= 11 is 7.06. The number of alkyl halides is 2. The van der Waals surface area contributed by atoms with Gasteiger partial charge < -0.3 is 0 Å². The minimum absolute atomic E-state index is 0.689. The first-order valence-corrected chi connectivity index (χ1v) is 7.76.